The molecule has 108 valence electrons. The topological polar surface area (TPSA) is 97.4 Å². The summed E-state index contributed by atoms with van der Waals surface area (Å²) in [5.41, 5.74) is 6.42. The van der Waals surface area contributed by atoms with Crippen LogP contribution in [-0.2, 0) is 11.2 Å². The van der Waals surface area contributed by atoms with Crippen LogP contribution in [0.15, 0.2) is 12.1 Å². The molecule has 0 heterocycles. The Hall–Kier alpha value is -1.97. The number of amides is 1. The van der Waals surface area contributed by atoms with E-state index in [1.165, 1.54) is 7.11 Å². The largest absolute Gasteiger partial charge is 0.493 e. The SMILES string of the molecule is COc1cc(CCN)cc(Cl)c1OCC(=O)NCC#N. The Kier molecular flexibility index (Phi) is 6.64. The van der Waals surface area contributed by atoms with Crippen LogP contribution in [0.4, 0.5) is 0 Å². The molecule has 0 bridgehead atoms. The van der Waals surface area contributed by atoms with Gasteiger partial charge in [0.25, 0.3) is 5.91 Å². The van der Waals surface area contributed by atoms with E-state index in [0.29, 0.717) is 29.5 Å². The van der Waals surface area contributed by atoms with Crippen LogP contribution in [0.2, 0.25) is 5.02 Å². The summed E-state index contributed by atoms with van der Waals surface area (Å²) in [4.78, 5) is 11.4. The van der Waals surface area contributed by atoms with Gasteiger partial charge in [0.05, 0.1) is 18.2 Å². The van der Waals surface area contributed by atoms with E-state index in [2.05, 4.69) is 5.32 Å². The van der Waals surface area contributed by atoms with Crippen molar-refractivity contribution in [3.8, 4) is 17.6 Å². The van der Waals surface area contributed by atoms with Gasteiger partial charge in [-0.1, -0.05) is 11.6 Å². The molecule has 0 spiro atoms. The van der Waals surface area contributed by atoms with Gasteiger partial charge in [0.15, 0.2) is 18.1 Å². The normalized spacial score (nSPS) is 9.70. The summed E-state index contributed by atoms with van der Waals surface area (Å²) in [6, 6.07) is 5.29. The lowest BCUT2D eigenvalue weighted by atomic mass is 10.1. The first kappa shape index (κ1) is 16.1. The number of nitrogens with one attached hydrogen (secondary N) is 1. The molecule has 0 fully saturated rings. The minimum absolute atomic E-state index is 0.0670. The molecule has 0 aliphatic carbocycles. The molecule has 1 amide bonds. The van der Waals surface area contributed by atoms with Gasteiger partial charge in [-0.15, -0.1) is 0 Å². The van der Waals surface area contributed by atoms with Crippen molar-refractivity contribution in [3.63, 3.8) is 0 Å². The maximum Gasteiger partial charge on any atom is 0.258 e. The summed E-state index contributed by atoms with van der Waals surface area (Å²) in [7, 11) is 1.49. The third kappa shape index (κ3) is 4.61. The lowest BCUT2D eigenvalue weighted by Crippen LogP contribution is -2.29. The number of rotatable bonds is 7. The molecule has 6 nitrogen and oxygen atoms in total. The first-order valence-corrected chi connectivity index (χ1v) is 6.33. The van der Waals surface area contributed by atoms with Crippen molar-refractivity contribution >= 4 is 17.5 Å². The van der Waals surface area contributed by atoms with Gasteiger partial charge in [0.1, 0.15) is 6.54 Å². The predicted octanol–water partition coefficient (Wildman–Crippen LogP) is 0.868. The van der Waals surface area contributed by atoms with E-state index in [1.54, 1.807) is 18.2 Å². The first-order valence-electron chi connectivity index (χ1n) is 5.95. The summed E-state index contributed by atoms with van der Waals surface area (Å²) >= 11 is 6.11. The number of nitriles is 1. The molecule has 0 aliphatic rings. The molecule has 3 N–H and O–H groups in total. The zero-order valence-electron chi connectivity index (χ0n) is 11.1. The smallest absolute Gasteiger partial charge is 0.258 e. The summed E-state index contributed by atoms with van der Waals surface area (Å²) in [5.74, 6) is 0.326. The molecule has 0 saturated heterocycles. The minimum Gasteiger partial charge on any atom is -0.493 e. The average molecular weight is 298 g/mol. The van der Waals surface area contributed by atoms with Gasteiger partial charge >= 0.3 is 0 Å². The van der Waals surface area contributed by atoms with Crippen molar-refractivity contribution in [2.75, 3.05) is 26.8 Å². The van der Waals surface area contributed by atoms with Crippen LogP contribution in [0.25, 0.3) is 0 Å². The van der Waals surface area contributed by atoms with E-state index in [1.807, 2.05) is 0 Å². The Bertz CT molecular complexity index is 514. The maximum atomic E-state index is 11.4. The second-order valence-corrected chi connectivity index (χ2v) is 4.28. The molecule has 1 aromatic rings. The van der Waals surface area contributed by atoms with Gasteiger partial charge < -0.3 is 20.5 Å². The molecule has 0 aliphatic heterocycles. The lowest BCUT2D eigenvalue weighted by molar-refractivity contribution is -0.122. The quantitative estimate of drug-likeness (QED) is 0.728. The number of nitrogens with two attached hydrogens (primary N) is 1. The molecule has 0 radical (unpaired) electrons. The Labute approximate surface area is 122 Å². The molecule has 0 saturated carbocycles. The number of halogens is 1. The molecular weight excluding hydrogens is 282 g/mol. The lowest BCUT2D eigenvalue weighted by Gasteiger charge is -2.13. The summed E-state index contributed by atoms with van der Waals surface area (Å²) in [5, 5.41) is 11.1. The number of carbonyl (C=O) groups is 1. The molecule has 0 atom stereocenters. The third-order valence-electron chi connectivity index (χ3n) is 2.43. The molecule has 1 rings (SSSR count). The van der Waals surface area contributed by atoms with Crippen LogP contribution in [0.3, 0.4) is 0 Å². The highest BCUT2D eigenvalue weighted by atomic mass is 35.5. The van der Waals surface area contributed by atoms with Crippen molar-refractivity contribution in [2.45, 2.75) is 6.42 Å². The van der Waals surface area contributed by atoms with Gasteiger partial charge in [-0.25, -0.2) is 0 Å². The first-order chi connectivity index (χ1) is 9.62. The molecule has 1 aromatic carbocycles. The van der Waals surface area contributed by atoms with E-state index in [4.69, 9.17) is 32.1 Å². The number of methoxy groups -OCH3 is 1. The number of hydrogen-bond acceptors (Lipinski definition) is 5. The fourth-order valence-corrected chi connectivity index (χ4v) is 1.84. The van der Waals surface area contributed by atoms with E-state index in [0.717, 1.165) is 5.56 Å². The number of carbonyl (C=O) groups excluding carboxylic acids is 1. The van der Waals surface area contributed by atoms with Crippen molar-refractivity contribution in [1.82, 2.24) is 5.32 Å². The Morgan fingerprint density at radius 3 is 2.90 bits per heavy atom. The summed E-state index contributed by atoms with van der Waals surface area (Å²) in [6.07, 6.45) is 0.666. The van der Waals surface area contributed by atoms with Crippen LogP contribution >= 0.6 is 11.6 Å². The number of ether oxygens (including phenoxy) is 2. The zero-order valence-corrected chi connectivity index (χ0v) is 11.9. The monoisotopic (exact) mass is 297 g/mol. The number of hydrogen-bond donors (Lipinski definition) is 2. The predicted molar refractivity (Wildman–Crippen MR) is 74.9 cm³/mol. The Morgan fingerprint density at radius 2 is 2.30 bits per heavy atom. The van der Waals surface area contributed by atoms with Crippen LogP contribution in [0.1, 0.15) is 5.56 Å². The van der Waals surface area contributed by atoms with E-state index < -0.39 is 5.91 Å². The molecule has 20 heavy (non-hydrogen) atoms. The zero-order chi connectivity index (χ0) is 15.0. The van der Waals surface area contributed by atoms with E-state index in [9.17, 15) is 4.79 Å². The second-order valence-electron chi connectivity index (χ2n) is 3.87. The summed E-state index contributed by atoms with van der Waals surface area (Å²) in [6.45, 7) is 0.187. The highest BCUT2D eigenvalue weighted by molar-refractivity contribution is 6.32. The van der Waals surface area contributed by atoms with Crippen molar-refractivity contribution < 1.29 is 14.3 Å². The highest BCUT2D eigenvalue weighted by Gasteiger charge is 2.13. The third-order valence-corrected chi connectivity index (χ3v) is 2.72. The van der Waals surface area contributed by atoms with Crippen LogP contribution < -0.4 is 20.5 Å². The highest BCUT2D eigenvalue weighted by Crippen LogP contribution is 2.36. The summed E-state index contributed by atoms with van der Waals surface area (Å²) < 4.78 is 10.5. The van der Waals surface area contributed by atoms with Gasteiger partial charge in [-0.05, 0) is 30.7 Å². The molecule has 0 unspecified atom stereocenters. The van der Waals surface area contributed by atoms with Crippen molar-refractivity contribution in [2.24, 2.45) is 5.73 Å². The maximum absolute atomic E-state index is 11.4. The van der Waals surface area contributed by atoms with Crippen LogP contribution in [0, 0.1) is 11.3 Å². The second kappa shape index (κ2) is 8.25. The van der Waals surface area contributed by atoms with Gasteiger partial charge in [0, 0.05) is 0 Å². The fraction of sp³-hybridized carbons (Fsp3) is 0.385. The number of nitrogens with zero attached hydrogens (tertiary/aromatic N) is 1. The van der Waals surface area contributed by atoms with E-state index in [-0.39, 0.29) is 13.2 Å². The van der Waals surface area contributed by atoms with E-state index >= 15 is 0 Å². The number of benzene rings is 1. The van der Waals surface area contributed by atoms with Gasteiger partial charge in [-0.3, -0.25) is 4.79 Å². The van der Waals surface area contributed by atoms with Crippen molar-refractivity contribution in [3.05, 3.63) is 22.7 Å². The van der Waals surface area contributed by atoms with Crippen LogP contribution in [-0.4, -0.2) is 32.7 Å². The Balaban J connectivity index is 2.79. The standard InChI is InChI=1S/C13H16ClN3O3/c1-19-11-7-9(2-3-15)6-10(14)13(11)20-8-12(18)17-5-4-16/h6-7H,2-3,5,8,15H2,1H3,(H,17,18). The Morgan fingerprint density at radius 1 is 1.55 bits per heavy atom. The molecule has 7 heteroatoms. The van der Waals surface area contributed by atoms with Gasteiger partial charge in [0.2, 0.25) is 0 Å². The molecular formula is C13H16ClN3O3. The van der Waals surface area contributed by atoms with Gasteiger partial charge in [-0.2, -0.15) is 5.26 Å². The minimum atomic E-state index is -0.407. The van der Waals surface area contributed by atoms with Crippen LogP contribution in [0.5, 0.6) is 11.5 Å². The average Bonchev–Trinajstić information content (AvgIpc) is 2.43. The molecule has 0 aromatic heterocycles. The fourth-order valence-electron chi connectivity index (χ4n) is 1.55. The van der Waals surface area contributed by atoms with Crippen molar-refractivity contribution in [1.29, 1.82) is 5.26 Å².